The molecule has 0 heterocycles. The number of aromatic carboxylic acids is 1. The molecule has 5 nitrogen and oxygen atoms in total. The number of benzene rings is 1. The van der Waals surface area contributed by atoms with Crippen LogP contribution in [-0.2, 0) is 0 Å². The van der Waals surface area contributed by atoms with Crippen LogP contribution in [0.4, 0.5) is 5.69 Å². The van der Waals surface area contributed by atoms with Gasteiger partial charge in [0.15, 0.2) is 0 Å². The molecule has 0 unspecified atom stereocenters. The number of hydrogen-bond acceptors (Lipinski definition) is 4. The Bertz CT molecular complexity index is 382. The molecular weight excluding hydrogens is 237 g/mol. The molecule has 0 fully saturated rings. The van der Waals surface area contributed by atoms with E-state index >= 15 is 0 Å². The van der Waals surface area contributed by atoms with Gasteiger partial charge < -0.3 is 9.90 Å². The molecular formula is C7H3ClKNO4. The predicted molar refractivity (Wildman–Crippen MR) is 42.4 cm³/mol. The summed E-state index contributed by atoms with van der Waals surface area (Å²) in [5, 5.41) is 20.4. The van der Waals surface area contributed by atoms with E-state index in [1.807, 2.05) is 0 Å². The molecule has 0 aliphatic carbocycles. The SMILES string of the molecule is O=C([O-])c1ccc([N+](=O)[O-])cc1Cl.[K+]. The number of halogens is 1. The van der Waals surface area contributed by atoms with E-state index in [2.05, 4.69) is 0 Å². The second kappa shape index (κ2) is 5.79. The van der Waals surface area contributed by atoms with Crippen LogP contribution in [0.5, 0.6) is 0 Å². The quantitative estimate of drug-likeness (QED) is 0.328. The minimum absolute atomic E-state index is 0. The van der Waals surface area contributed by atoms with Crippen molar-refractivity contribution in [1.82, 2.24) is 0 Å². The van der Waals surface area contributed by atoms with Crippen LogP contribution in [0.15, 0.2) is 18.2 Å². The van der Waals surface area contributed by atoms with Crippen molar-refractivity contribution in [2.24, 2.45) is 0 Å². The van der Waals surface area contributed by atoms with Crippen molar-refractivity contribution in [2.45, 2.75) is 0 Å². The van der Waals surface area contributed by atoms with Crippen LogP contribution >= 0.6 is 11.6 Å². The van der Waals surface area contributed by atoms with Gasteiger partial charge in [0, 0.05) is 17.7 Å². The molecule has 68 valence electrons. The van der Waals surface area contributed by atoms with Gasteiger partial charge in [-0.1, -0.05) is 11.6 Å². The summed E-state index contributed by atoms with van der Waals surface area (Å²) in [6.45, 7) is 0. The summed E-state index contributed by atoms with van der Waals surface area (Å²) in [6, 6.07) is 3.06. The number of carbonyl (C=O) groups is 1. The fraction of sp³-hybridized carbons (Fsp3) is 0. The Morgan fingerprint density at radius 1 is 1.43 bits per heavy atom. The van der Waals surface area contributed by atoms with Crippen LogP contribution in [0.25, 0.3) is 0 Å². The van der Waals surface area contributed by atoms with Crippen LogP contribution in [0.1, 0.15) is 10.4 Å². The fourth-order valence-electron chi connectivity index (χ4n) is 0.783. The summed E-state index contributed by atoms with van der Waals surface area (Å²) in [4.78, 5) is 19.9. The Kier molecular flexibility index (Phi) is 5.80. The third-order valence-corrected chi connectivity index (χ3v) is 1.70. The number of carboxylic acids is 1. The molecule has 0 amide bonds. The number of rotatable bonds is 2. The van der Waals surface area contributed by atoms with E-state index < -0.39 is 10.9 Å². The molecule has 7 heteroatoms. The molecule has 0 atom stereocenters. The standard InChI is InChI=1S/C7H4ClNO4.K/c8-6-3-4(9(12)13)1-2-5(6)7(10)11;/h1-3H,(H,10,11);/q;+1/p-1. The first-order valence-electron chi connectivity index (χ1n) is 3.17. The van der Waals surface area contributed by atoms with E-state index in [1.54, 1.807) is 0 Å². The van der Waals surface area contributed by atoms with E-state index in [4.69, 9.17) is 11.6 Å². The van der Waals surface area contributed by atoms with Gasteiger partial charge in [0.25, 0.3) is 5.69 Å². The predicted octanol–water partition coefficient (Wildman–Crippen LogP) is -2.38. The number of carboxylic acid groups (broad SMARTS) is 1. The normalized spacial score (nSPS) is 8.93. The van der Waals surface area contributed by atoms with Crippen molar-refractivity contribution in [3.05, 3.63) is 38.9 Å². The molecule has 1 aromatic carbocycles. The first-order chi connectivity index (χ1) is 6.02. The topological polar surface area (TPSA) is 83.3 Å². The van der Waals surface area contributed by atoms with Crippen molar-refractivity contribution in [3.8, 4) is 0 Å². The van der Waals surface area contributed by atoms with Gasteiger partial charge in [0.05, 0.1) is 15.9 Å². The molecule has 0 spiro atoms. The largest absolute Gasteiger partial charge is 1.00 e. The van der Waals surface area contributed by atoms with Crippen molar-refractivity contribution in [3.63, 3.8) is 0 Å². The van der Waals surface area contributed by atoms with Gasteiger partial charge >= 0.3 is 51.4 Å². The Hall–Kier alpha value is 0.0164. The number of non-ortho nitro benzene ring substituents is 1. The molecule has 0 N–H and O–H groups in total. The molecule has 14 heavy (non-hydrogen) atoms. The van der Waals surface area contributed by atoms with Crippen molar-refractivity contribution in [1.29, 1.82) is 0 Å². The van der Waals surface area contributed by atoms with Gasteiger partial charge in [-0.25, -0.2) is 0 Å². The molecule has 0 aromatic heterocycles. The van der Waals surface area contributed by atoms with Gasteiger partial charge in [0.1, 0.15) is 0 Å². The van der Waals surface area contributed by atoms with E-state index in [-0.39, 0.29) is 67.7 Å². The maximum Gasteiger partial charge on any atom is 1.00 e. The van der Waals surface area contributed by atoms with Gasteiger partial charge in [-0.2, -0.15) is 0 Å². The van der Waals surface area contributed by atoms with E-state index in [0.29, 0.717) is 0 Å². The molecule has 1 rings (SSSR count). The number of hydrogen-bond donors (Lipinski definition) is 0. The summed E-state index contributed by atoms with van der Waals surface area (Å²) < 4.78 is 0. The third kappa shape index (κ3) is 3.30. The summed E-state index contributed by atoms with van der Waals surface area (Å²) >= 11 is 5.44. The third-order valence-electron chi connectivity index (χ3n) is 1.38. The zero-order valence-electron chi connectivity index (χ0n) is 7.19. The molecule has 1 aromatic rings. The van der Waals surface area contributed by atoms with Crippen molar-refractivity contribution >= 4 is 23.3 Å². The first kappa shape index (κ1) is 14.0. The van der Waals surface area contributed by atoms with Gasteiger partial charge in [0.2, 0.25) is 0 Å². The Morgan fingerprint density at radius 2 is 2.00 bits per heavy atom. The van der Waals surface area contributed by atoms with Crippen LogP contribution < -0.4 is 56.5 Å². The van der Waals surface area contributed by atoms with Gasteiger partial charge in [-0.05, 0) is 6.07 Å². The van der Waals surface area contributed by atoms with Crippen LogP contribution in [0.2, 0.25) is 5.02 Å². The second-order valence-corrected chi connectivity index (χ2v) is 2.62. The molecule has 0 saturated carbocycles. The van der Waals surface area contributed by atoms with Crippen molar-refractivity contribution in [2.75, 3.05) is 0 Å². The van der Waals surface area contributed by atoms with Crippen LogP contribution in [0.3, 0.4) is 0 Å². The minimum atomic E-state index is -1.46. The first-order valence-corrected chi connectivity index (χ1v) is 3.55. The van der Waals surface area contributed by atoms with Crippen molar-refractivity contribution < 1.29 is 66.2 Å². The number of nitrogens with zero attached hydrogens (tertiary/aromatic N) is 1. The molecule has 0 aliphatic heterocycles. The maximum atomic E-state index is 10.3. The Labute approximate surface area is 127 Å². The van der Waals surface area contributed by atoms with Gasteiger partial charge in [-0.15, -0.1) is 0 Å². The van der Waals surface area contributed by atoms with E-state index in [0.717, 1.165) is 18.2 Å². The summed E-state index contributed by atoms with van der Waals surface area (Å²) in [5.41, 5.74) is -0.512. The van der Waals surface area contributed by atoms with Crippen LogP contribution in [-0.4, -0.2) is 10.9 Å². The Balaban J connectivity index is 0.00000169. The molecule has 0 radical (unpaired) electrons. The minimum Gasteiger partial charge on any atom is -0.545 e. The smallest absolute Gasteiger partial charge is 0.545 e. The summed E-state index contributed by atoms with van der Waals surface area (Å²) in [5.74, 6) is -1.46. The molecule has 0 aliphatic rings. The van der Waals surface area contributed by atoms with Crippen LogP contribution in [0, 0.1) is 10.1 Å². The summed E-state index contributed by atoms with van der Waals surface area (Å²) in [6.07, 6.45) is 0. The van der Waals surface area contributed by atoms with E-state index in [1.165, 1.54) is 0 Å². The number of carbonyl (C=O) groups excluding carboxylic acids is 1. The average molecular weight is 240 g/mol. The Morgan fingerprint density at radius 3 is 2.36 bits per heavy atom. The average Bonchev–Trinajstić information content (AvgIpc) is 2.03. The fourth-order valence-corrected chi connectivity index (χ4v) is 1.04. The molecule has 0 bridgehead atoms. The number of nitro benzene ring substituents is 1. The second-order valence-electron chi connectivity index (χ2n) is 2.21. The van der Waals surface area contributed by atoms with E-state index in [9.17, 15) is 20.0 Å². The number of nitro groups is 1. The maximum absolute atomic E-state index is 10.3. The zero-order chi connectivity index (χ0) is 10.0. The molecule has 0 saturated heterocycles. The van der Waals surface area contributed by atoms with Gasteiger partial charge in [-0.3, -0.25) is 10.1 Å². The monoisotopic (exact) mass is 239 g/mol. The zero-order valence-corrected chi connectivity index (χ0v) is 11.1. The summed E-state index contributed by atoms with van der Waals surface area (Å²) in [7, 11) is 0.